The Labute approximate surface area is 123 Å². The molecule has 0 bridgehead atoms. The van der Waals surface area contributed by atoms with Gasteiger partial charge in [0.1, 0.15) is 5.82 Å². The predicted molar refractivity (Wildman–Crippen MR) is 81.7 cm³/mol. The Hall–Kier alpha value is -2.01. The lowest BCUT2D eigenvalue weighted by Crippen LogP contribution is -2.42. The number of aromatic nitrogens is 1. The van der Waals surface area contributed by atoms with E-state index in [1.807, 2.05) is 24.4 Å². The van der Waals surface area contributed by atoms with Gasteiger partial charge < -0.3 is 20.5 Å². The van der Waals surface area contributed by atoms with Crippen molar-refractivity contribution in [3.05, 3.63) is 24.4 Å². The summed E-state index contributed by atoms with van der Waals surface area (Å²) in [5, 5.41) is 5.69. The molecule has 2 aliphatic rings. The van der Waals surface area contributed by atoms with Crippen LogP contribution in [-0.2, 0) is 0 Å². The van der Waals surface area contributed by atoms with Gasteiger partial charge in [0.15, 0.2) is 11.5 Å². The first kappa shape index (κ1) is 12.7. The minimum Gasteiger partial charge on any atom is -0.454 e. The Balaban J connectivity index is 1.71. The number of rotatable bonds is 2. The van der Waals surface area contributed by atoms with E-state index in [-0.39, 0.29) is 12.8 Å². The summed E-state index contributed by atoms with van der Waals surface area (Å²) in [5.74, 6) is 2.47. The summed E-state index contributed by atoms with van der Waals surface area (Å²) in [4.78, 5) is 4.50. The summed E-state index contributed by atoms with van der Waals surface area (Å²) in [7, 11) is 0. The van der Waals surface area contributed by atoms with Gasteiger partial charge in [-0.25, -0.2) is 4.98 Å². The number of hydrogen-bond acceptors (Lipinski definition) is 5. The largest absolute Gasteiger partial charge is 0.454 e. The molecule has 0 saturated heterocycles. The summed E-state index contributed by atoms with van der Waals surface area (Å²) >= 11 is 0. The van der Waals surface area contributed by atoms with Gasteiger partial charge in [-0.05, 0) is 36.4 Å². The van der Waals surface area contributed by atoms with Crippen LogP contribution >= 0.6 is 0 Å². The van der Waals surface area contributed by atoms with E-state index < -0.39 is 0 Å². The van der Waals surface area contributed by atoms with Gasteiger partial charge in [-0.1, -0.05) is 12.8 Å². The Morgan fingerprint density at radius 2 is 1.95 bits per heavy atom. The van der Waals surface area contributed by atoms with Crippen molar-refractivity contribution in [1.29, 1.82) is 0 Å². The highest BCUT2D eigenvalue weighted by Gasteiger charge is 2.23. The van der Waals surface area contributed by atoms with Crippen LogP contribution in [0.15, 0.2) is 24.4 Å². The maximum atomic E-state index is 6.23. The SMILES string of the molecule is NC1CCCCC1Nc1nccc2cc3c(cc12)OCO3. The fraction of sp³-hybridized carbons (Fsp3) is 0.438. The number of nitrogens with one attached hydrogen (secondary N) is 1. The molecule has 2 aromatic rings. The molecule has 110 valence electrons. The number of hydrogen-bond donors (Lipinski definition) is 2. The molecular weight excluding hydrogens is 266 g/mol. The molecule has 2 atom stereocenters. The summed E-state index contributed by atoms with van der Waals surface area (Å²) in [6.45, 7) is 0.287. The fourth-order valence-electron chi connectivity index (χ4n) is 3.19. The van der Waals surface area contributed by atoms with Crippen molar-refractivity contribution in [2.45, 2.75) is 37.8 Å². The molecule has 1 aliphatic heterocycles. The van der Waals surface area contributed by atoms with Crippen LogP contribution in [0.4, 0.5) is 5.82 Å². The Bertz CT molecular complexity index is 674. The first-order valence-corrected chi connectivity index (χ1v) is 7.52. The van der Waals surface area contributed by atoms with Crippen molar-refractivity contribution in [1.82, 2.24) is 4.98 Å². The van der Waals surface area contributed by atoms with E-state index in [2.05, 4.69) is 10.3 Å². The lowest BCUT2D eigenvalue weighted by atomic mass is 9.91. The van der Waals surface area contributed by atoms with E-state index in [9.17, 15) is 0 Å². The van der Waals surface area contributed by atoms with Gasteiger partial charge in [0.2, 0.25) is 6.79 Å². The molecule has 0 spiro atoms. The Morgan fingerprint density at radius 3 is 2.81 bits per heavy atom. The number of ether oxygens (including phenoxy) is 2. The van der Waals surface area contributed by atoms with E-state index in [1.54, 1.807) is 0 Å². The summed E-state index contributed by atoms with van der Waals surface area (Å²) in [6, 6.07) is 6.49. The van der Waals surface area contributed by atoms with Crippen LogP contribution in [0.1, 0.15) is 25.7 Å². The summed E-state index contributed by atoms with van der Waals surface area (Å²) < 4.78 is 10.9. The maximum absolute atomic E-state index is 6.23. The zero-order chi connectivity index (χ0) is 14.2. The molecule has 1 aliphatic carbocycles. The average Bonchev–Trinajstić information content (AvgIpc) is 2.95. The van der Waals surface area contributed by atoms with Gasteiger partial charge >= 0.3 is 0 Å². The van der Waals surface area contributed by atoms with Gasteiger partial charge in [0, 0.05) is 23.7 Å². The molecule has 5 heteroatoms. The van der Waals surface area contributed by atoms with Crippen LogP contribution in [0, 0.1) is 0 Å². The van der Waals surface area contributed by atoms with Gasteiger partial charge in [-0.2, -0.15) is 0 Å². The molecule has 1 aromatic carbocycles. The lowest BCUT2D eigenvalue weighted by Gasteiger charge is -2.30. The van der Waals surface area contributed by atoms with Crippen molar-refractivity contribution in [2.24, 2.45) is 5.73 Å². The topological polar surface area (TPSA) is 69.4 Å². The Kier molecular flexibility index (Phi) is 3.07. The zero-order valence-electron chi connectivity index (χ0n) is 11.8. The van der Waals surface area contributed by atoms with E-state index in [0.717, 1.165) is 40.9 Å². The van der Waals surface area contributed by atoms with Crippen LogP contribution < -0.4 is 20.5 Å². The summed E-state index contributed by atoms with van der Waals surface area (Å²) in [5.41, 5.74) is 6.23. The van der Waals surface area contributed by atoms with E-state index in [1.165, 1.54) is 12.8 Å². The van der Waals surface area contributed by atoms with Crippen molar-refractivity contribution in [2.75, 3.05) is 12.1 Å². The van der Waals surface area contributed by atoms with Crippen LogP contribution in [-0.4, -0.2) is 23.9 Å². The lowest BCUT2D eigenvalue weighted by molar-refractivity contribution is 0.174. The van der Waals surface area contributed by atoms with Gasteiger partial charge in [0.05, 0.1) is 0 Å². The van der Waals surface area contributed by atoms with Gasteiger partial charge in [-0.15, -0.1) is 0 Å². The maximum Gasteiger partial charge on any atom is 0.231 e. The molecule has 21 heavy (non-hydrogen) atoms. The van der Waals surface area contributed by atoms with Crippen LogP contribution in [0.25, 0.3) is 10.8 Å². The van der Waals surface area contributed by atoms with Crippen molar-refractivity contribution < 1.29 is 9.47 Å². The second kappa shape index (κ2) is 5.07. The molecule has 5 nitrogen and oxygen atoms in total. The average molecular weight is 285 g/mol. The van der Waals surface area contributed by atoms with E-state index in [4.69, 9.17) is 15.2 Å². The van der Waals surface area contributed by atoms with Crippen molar-refractivity contribution in [3.63, 3.8) is 0 Å². The predicted octanol–water partition coefficient (Wildman–Crippen LogP) is 2.65. The first-order chi connectivity index (χ1) is 10.3. The number of nitrogens with two attached hydrogens (primary N) is 1. The molecule has 1 saturated carbocycles. The second-order valence-electron chi connectivity index (χ2n) is 5.79. The van der Waals surface area contributed by atoms with Crippen LogP contribution in [0.5, 0.6) is 11.5 Å². The van der Waals surface area contributed by atoms with Gasteiger partial charge in [0.25, 0.3) is 0 Å². The highest BCUT2D eigenvalue weighted by atomic mass is 16.7. The third-order valence-electron chi connectivity index (χ3n) is 4.40. The fourth-order valence-corrected chi connectivity index (χ4v) is 3.19. The van der Waals surface area contributed by atoms with E-state index in [0.29, 0.717) is 6.04 Å². The first-order valence-electron chi connectivity index (χ1n) is 7.52. The zero-order valence-corrected chi connectivity index (χ0v) is 11.8. The van der Waals surface area contributed by atoms with Crippen molar-refractivity contribution in [3.8, 4) is 11.5 Å². The van der Waals surface area contributed by atoms with Gasteiger partial charge in [-0.3, -0.25) is 0 Å². The molecule has 2 heterocycles. The van der Waals surface area contributed by atoms with Crippen LogP contribution in [0.3, 0.4) is 0 Å². The molecule has 0 radical (unpaired) electrons. The minimum atomic E-state index is 0.199. The highest BCUT2D eigenvalue weighted by Crippen LogP contribution is 2.38. The molecule has 0 amide bonds. The normalized spacial score (nSPS) is 24.2. The third-order valence-corrected chi connectivity index (χ3v) is 4.40. The molecule has 3 N–H and O–H groups in total. The quantitative estimate of drug-likeness (QED) is 0.887. The molecule has 1 fully saturated rings. The monoisotopic (exact) mass is 285 g/mol. The minimum absolute atomic E-state index is 0.199. The smallest absolute Gasteiger partial charge is 0.231 e. The highest BCUT2D eigenvalue weighted by molar-refractivity contribution is 5.94. The van der Waals surface area contributed by atoms with Crippen molar-refractivity contribution >= 4 is 16.6 Å². The second-order valence-corrected chi connectivity index (χ2v) is 5.79. The molecule has 4 rings (SSSR count). The molecule has 2 unspecified atom stereocenters. The summed E-state index contributed by atoms with van der Waals surface area (Å²) in [6.07, 6.45) is 6.45. The number of nitrogens with zero attached hydrogens (tertiary/aromatic N) is 1. The third kappa shape index (κ3) is 2.27. The standard InChI is InChI=1S/C16H19N3O2/c17-12-3-1-2-4-13(12)19-16-11-8-15-14(20-9-21-15)7-10(11)5-6-18-16/h5-8,12-13H,1-4,9,17H2,(H,18,19). The Morgan fingerprint density at radius 1 is 1.14 bits per heavy atom. The van der Waals surface area contributed by atoms with E-state index >= 15 is 0 Å². The molecular formula is C16H19N3O2. The number of benzene rings is 1. The number of anilines is 1. The van der Waals surface area contributed by atoms with Crippen LogP contribution in [0.2, 0.25) is 0 Å². The molecule has 1 aromatic heterocycles. The number of fused-ring (bicyclic) bond motifs is 2. The number of pyridine rings is 1.